The molecule has 0 radical (unpaired) electrons. The maximum Gasteiger partial charge on any atom is 0.321 e. The largest absolute Gasteiger partial charge is 0.494 e. The quantitative estimate of drug-likeness (QED) is 0.110. The second-order valence-electron chi connectivity index (χ2n) is 10.9. The van der Waals surface area contributed by atoms with Crippen molar-refractivity contribution in [1.82, 2.24) is 15.4 Å². The Bertz CT molecular complexity index is 1130. The molecule has 6 nitrogen and oxygen atoms in total. The van der Waals surface area contributed by atoms with Crippen LogP contribution >= 0.6 is 8.07 Å². The summed E-state index contributed by atoms with van der Waals surface area (Å²) >= 11 is 0. The minimum atomic E-state index is -0.774. The number of para-hydroxylation sites is 1. The summed E-state index contributed by atoms with van der Waals surface area (Å²) in [7, 11) is -0.546. The predicted octanol–water partition coefficient (Wildman–Crippen LogP) is 6.74. The van der Waals surface area contributed by atoms with Gasteiger partial charge in [-0.05, 0) is 114 Å². The smallest absolute Gasteiger partial charge is 0.321 e. The number of carboxylic acid groups (broad SMARTS) is 1. The van der Waals surface area contributed by atoms with Crippen molar-refractivity contribution in [3.05, 3.63) is 65.9 Å². The van der Waals surface area contributed by atoms with Crippen LogP contribution in [0.1, 0.15) is 63.0 Å². The zero-order chi connectivity index (χ0) is 27.3. The molecule has 0 spiro atoms. The minimum absolute atomic E-state index is 0.483. The lowest BCUT2D eigenvalue weighted by molar-refractivity contribution is -0.138. The van der Waals surface area contributed by atoms with Gasteiger partial charge in [0, 0.05) is 17.1 Å². The van der Waals surface area contributed by atoms with Gasteiger partial charge < -0.3 is 20.1 Å². The Morgan fingerprint density at radius 1 is 1.08 bits per heavy atom. The Morgan fingerprint density at radius 3 is 2.64 bits per heavy atom. The Balaban J connectivity index is 1.20. The van der Waals surface area contributed by atoms with Crippen LogP contribution in [0.25, 0.3) is 10.9 Å². The van der Waals surface area contributed by atoms with Gasteiger partial charge in [-0.25, -0.2) is 0 Å². The molecule has 0 bridgehead atoms. The number of ether oxygens (including phenoxy) is 1. The molecular weight excluding hydrogens is 505 g/mol. The standard InChI is InChI=1S/C32H46N3O3P/c1-2-21-39(22-7-9-27-24-34-30-11-4-3-10-29(27)30)35-31(32(36)37)23-26-12-14-28(15-13-26)38-20-6-5-8-25-16-18-33-19-17-25/h3-4,10-15,24-25,31,33-35H,2,5-9,16-23H2,1H3,(H,36,37). The lowest BCUT2D eigenvalue weighted by Gasteiger charge is -2.23. The Labute approximate surface area is 235 Å². The maximum absolute atomic E-state index is 12.2. The van der Waals surface area contributed by atoms with Crippen molar-refractivity contribution >= 4 is 24.9 Å². The summed E-state index contributed by atoms with van der Waals surface area (Å²) in [5.41, 5.74) is 3.55. The molecule has 1 fully saturated rings. The average molecular weight is 552 g/mol. The summed E-state index contributed by atoms with van der Waals surface area (Å²) in [6, 6.07) is 15.8. The van der Waals surface area contributed by atoms with Gasteiger partial charge in [0.15, 0.2) is 0 Å². The van der Waals surface area contributed by atoms with Gasteiger partial charge in [0.05, 0.1) is 6.61 Å². The van der Waals surface area contributed by atoms with E-state index < -0.39 is 20.1 Å². The fraction of sp³-hybridized carbons (Fsp3) is 0.531. The van der Waals surface area contributed by atoms with Crippen LogP contribution < -0.4 is 15.1 Å². The number of aryl methyl sites for hydroxylation is 1. The molecule has 0 saturated carbocycles. The highest BCUT2D eigenvalue weighted by molar-refractivity contribution is 7.55. The van der Waals surface area contributed by atoms with Gasteiger partial charge in [0.25, 0.3) is 0 Å². The van der Waals surface area contributed by atoms with Crippen LogP contribution in [0.5, 0.6) is 5.75 Å². The van der Waals surface area contributed by atoms with E-state index in [0.717, 1.165) is 74.9 Å². The number of H-pyrrole nitrogens is 1. The Kier molecular flexibility index (Phi) is 12.1. The molecular formula is C32H46N3O3P. The summed E-state index contributed by atoms with van der Waals surface area (Å²) in [6.45, 7) is 5.25. The average Bonchev–Trinajstić information content (AvgIpc) is 3.37. The maximum atomic E-state index is 12.2. The van der Waals surface area contributed by atoms with E-state index in [1.807, 2.05) is 24.3 Å². The van der Waals surface area contributed by atoms with Crippen LogP contribution in [-0.4, -0.2) is 54.1 Å². The van der Waals surface area contributed by atoms with Crippen molar-refractivity contribution < 1.29 is 14.6 Å². The van der Waals surface area contributed by atoms with Crippen LogP contribution in [0.15, 0.2) is 54.7 Å². The van der Waals surface area contributed by atoms with Crippen LogP contribution in [-0.2, 0) is 17.6 Å². The van der Waals surface area contributed by atoms with E-state index in [9.17, 15) is 9.90 Å². The van der Waals surface area contributed by atoms with Gasteiger partial charge >= 0.3 is 5.97 Å². The fourth-order valence-electron chi connectivity index (χ4n) is 5.57. The highest BCUT2D eigenvalue weighted by atomic mass is 31.1. The second-order valence-corrected chi connectivity index (χ2v) is 13.1. The molecule has 1 saturated heterocycles. The van der Waals surface area contributed by atoms with Crippen LogP contribution in [0.2, 0.25) is 0 Å². The number of hydrogen-bond donors (Lipinski definition) is 4. The summed E-state index contributed by atoms with van der Waals surface area (Å²) in [5.74, 6) is 0.967. The van der Waals surface area contributed by atoms with E-state index in [1.54, 1.807) is 0 Å². The van der Waals surface area contributed by atoms with Crippen molar-refractivity contribution in [3.8, 4) is 5.75 Å². The molecule has 2 aromatic carbocycles. The van der Waals surface area contributed by atoms with Crippen molar-refractivity contribution in [2.24, 2.45) is 5.92 Å². The molecule has 1 aliphatic heterocycles. The Morgan fingerprint density at radius 2 is 1.87 bits per heavy atom. The number of aromatic nitrogens is 1. The van der Waals surface area contributed by atoms with Crippen molar-refractivity contribution in [3.63, 3.8) is 0 Å². The van der Waals surface area contributed by atoms with E-state index >= 15 is 0 Å². The van der Waals surface area contributed by atoms with Crippen LogP contribution in [0, 0.1) is 5.92 Å². The number of aliphatic carboxylic acids is 1. The van der Waals surface area contributed by atoms with Gasteiger partial charge in [-0.1, -0.05) is 50.1 Å². The molecule has 4 N–H and O–H groups in total. The monoisotopic (exact) mass is 551 g/mol. The molecule has 212 valence electrons. The first-order chi connectivity index (χ1) is 19.1. The topological polar surface area (TPSA) is 86.4 Å². The predicted molar refractivity (Wildman–Crippen MR) is 163 cm³/mol. The Hall–Kier alpha value is -2.40. The van der Waals surface area contributed by atoms with E-state index in [1.165, 1.54) is 42.1 Å². The second kappa shape index (κ2) is 16.0. The lowest BCUT2D eigenvalue weighted by Crippen LogP contribution is -2.36. The zero-order valence-corrected chi connectivity index (χ0v) is 24.4. The number of benzene rings is 2. The number of fused-ring (bicyclic) bond motifs is 1. The molecule has 1 aromatic heterocycles. The molecule has 1 aliphatic rings. The van der Waals surface area contributed by atoms with Crippen molar-refractivity contribution in [2.75, 3.05) is 32.0 Å². The highest BCUT2D eigenvalue weighted by Crippen LogP contribution is 2.34. The van der Waals surface area contributed by atoms with E-state index in [4.69, 9.17) is 4.74 Å². The third kappa shape index (κ3) is 9.63. The van der Waals surface area contributed by atoms with E-state index in [0.29, 0.717) is 6.42 Å². The normalized spacial score (nSPS) is 15.8. The fourth-order valence-corrected chi connectivity index (χ4v) is 7.78. The molecule has 2 atom stereocenters. The molecule has 3 aromatic rings. The van der Waals surface area contributed by atoms with Crippen LogP contribution in [0.4, 0.5) is 0 Å². The summed E-state index contributed by atoms with van der Waals surface area (Å²) < 4.78 is 5.96. The van der Waals surface area contributed by atoms with Gasteiger partial charge in [-0.3, -0.25) is 9.88 Å². The number of rotatable bonds is 17. The molecule has 0 amide bonds. The lowest BCUT2D eigenvalue weighted by atomic mass is 9.93. The third-order valence-electron chi connectivity index (χ3n) is 7.78. The van der Waals surface area contributed by atoms with Gasteiger partial charge in [0.1, 0.15) is 11.8 Å². The molecule has 4 rings (SSSR count). The highest BCUT2D eigenvalue weighted by Gasteiger charge is 2.22. The first kappa shape index (κ1) is 29.6. The molecule has 7 heteroatoms. The SMILES string of the molecule is CCCP(CCCc1c[nH]c2ccccc12)NC(Cc1ccc(OCCCCC2CCNCC2)cc1)C(=O)O. The molecule has 2 unspecified atom stereocenters. The number of aromatic amines is 1. The molecule has 39 heavy (non-hydrogen) atoms. The van der Waals surface area contributed by atoms with Gasteiger partial charge in [-0.15, -0.1) is 0 Å². The van der Waals surface area contributed by atoms with Gasteiger partial charge in [-0.2, -0.15) is 0 Å². The third-order valence-corrected chi connectivity index (χ3v) is 10.3. The number of piperidine rings is 1. The number of carbonyl (C=O) groups is 1. The summed E-state index contributed by atoms with van der Waals surface area (Å²) in [4.78, 5) is 15.5. The van der Waals surface area contributed by atoms with E-state index in [2.05, 4.69) is 52.8 Å². The summed E-state index contributed by atoms with van der Waals surface area (Å²) in [6.07, 6.45) is 14.0. The first-order valence-electron chi connectivity index (χ1n) is 14.8. The number of nitrogens with one attached hydrogen (secondary N) is 3. The zero-order valence-electron chi connectivity index (χ0n) is 23.5. The minimum Gasteiger partial charge on any atom is -0.494 e. The number of unbranched alkanes of at least 4 members (excludes halogenated alkanes) is 1. The number of carboxylic acids is 1. The first-order valence-corrected chi connectivity index (χ1v) is 16.5. The molecule has 0 aliphatic carbocycles. The van der Waals surface area contributed by atoms with Crippen molar-refractivity contribution in [1.29, 1.82) is 0 Å². The van der Waals surface area contributed by atoms with Crippen LogP contribution in [0.3, 0.4) is 0 Å². The van der Waals surface area contributed by atoms with Crippen molar-refractivity contribution in [2.45, 2.75) is 70.8 Å². The summed E-state index contributed by atoms with van der Waals surface area (Å²) in [5, 5.41) is 18.2. The van der Waals surface area contributed by atoms with E-state index in [-0.39, 0.29) is 0 Å². The van der Waals surface area contributed by atoms with Gasteiger partial charge in [0.2, 0.25) is 0 Å². The number of hydrogen-bond acceptors (Lipinski definition) is 4. The molecule has 2 heterocycles.